The quantitative estimate of drug-likeness (QED) is 0.578. The Kier molecular flexibility index (Phi) is 7.12. The molecule has 0 radical (unpaired) electrons. The van der Waals surface area contributed by atoms with E-state index in [1.165, 1.54) is 12.1 Å². The summed E-state index contributed by atoms with van der Waals surface area (Å²) in [7, 11) is 0. The van der Waals surface area contributed by atoms with E-state index in [1.54, 1.807) is 6.07 Å². The van der Waals surface area contributed by atoms with Crippen LogP contribution in [-0.4, -0.2) is 24.2 Å². The molecule has 1 N–H and O–H groups in total. The average molecular weight is 345 g/mol. The number of benzene rings is 1. The van der Waals surface area contributed by atoms with Crippen LogP contribution < -0.4 is 5.32 Å². The first-order chi connectivity index (χ1) is 9.45. The van der Waals surface area contributed by atoms with Gasteiger partial charge >= 0.3 is 0 Å². The van der Waals surface area contributed by atoms with Crippen molar-refractivity contribution in [2.45, 2.75) is 33.4 Å². The molecule has 0 aliphatic rings. The van der Waals surface area contributed by atoms with Crippen LogP contribution in [0.25, 0.3) is 0 Å². The second kappa shape index (κ2) is 8.34. The summed E-state index contributed by atoms with van der Waals surface area (Å²) in [4.78, 5) is 10.3. The van der Waals surface area contributed by atoms with Crippen molar-refractivity contribution in [1.82, 2.24) is 5.32 Å². The normalized spacial score (nSPS) is 12.7. The van der Waals surface area contributed by atoms with Crippen LogP contribution in [0.5, 0.6) is 0 Å². The first-order valence-corrected chi connectivity index (χ1v) is 7.49. The van der Waals surface area contributed by atoms with Gasteiger partial charge < -0.3 is 10.1 Å². The number of rotatable bonds is 8. The van der Waals surface area contributed by atoms with Crippen LogP contribution in [0.15, 0.2) is 22.7 Å². The van der Waals surface area contributed by atoms with Crippen molar-refractivity contribution < 1.29 is 9.66 Å². The molecule has 1 unspecified atom stereocenters. The van der Waals surface area contributed by atoms with Gasteiger partial charge in [-0.2, -0.15) is 0 Å². The molecule has 0 aliphatic heterocycles. The van der Waals surface area contributed by atoms with Crippen LogP contribution in [0.3, 0.4) is 0 Å². The summed E-state index contributed by atoms with van der Waals surface area (Å²) in [5.41, 5.74) is 1.09. The van der Waals surface area contributed by atoms with Gasteiger partial charge in [0.15, 0.2) is 0 Å². The molecule has 1 aromatic rings. The van der Waals surface area contributed by atoms with Gasteiger partial charge in [-0.25, -0.2) is 0 Å². The number of hydrogen-bond acceptors (Lipinski definition) is 4. The van der Waals surface area contributed by atoms with Gasteiger partial charge in [0.05, 0.1) is 11.5 Å². The maximum atomic E-state index is 10.7. The van der Waals surface area contributed by atoms with Crippen LogP contribution in [0.1, 0.15) is 26.3 Å². The van der Waals surface area contributed by atoms with E-state index >= 15 is 0 Å². The van der Waals surface area contributed by atoms with E-state index in [4.69, 9.17) is 4.74 Å². The zero-order valence-electron chi connectivity index (χ0n) is 12.1. The van der Waals surface area contributed by atoms with E-state index in [1.807, 2.05) is 6.92 Å². The molecular weight excluding hydrogens is 324 g/mol. The Hall–Kier alpha value is -0.980. The number of hydrogen-bond donors (Lipinski definition) is 1. The first kappa shape index (κ1) is 17.1. The fourth-order valence-electron chi connectivity index (χ4n) is 1.77. The largest absolute Gasteiger partial charge is 0.380 e. The molecule has 1 aromatic carbocycles. The predicted molar refractivity (Wildman–Crippen MR) is 82.8 cm³/mol. The van der Waals surface area contributed by atoms with Gasteiger partial charge in [0.25, 0.3) is 5.69 Å². The number of halogens is 1. The molecule has 1 atom stereocenters. The molecule has 0 saturated heterocycles. The van der Waals surface area contributed by atoms with E-state index in [0.29, 0.717) is 25.7 Å². The van der Waals surface area contributed by atoms with Gasteiger partial charge in [-0.3, -0.25) is 10.1 Å². The summed E-state index contributed by atoms with van der Waals surface area (Å²) >= 11 is 3.38. The molecule has 20 heavy (non-hydrogen) atoms. The van der Waals surface area contributed by atoms with Gasteiger partial charge in [0, 0.05) is 35.8 Å². The summed E-state index contributed by atoms with van der Waals surface area (Å²) < 4.78 is 6.21. The van der Waals surface area contributed by atoms with Gasteiger partial charge in [0.1, 0.15) is 0 Å². The van der Waals surface area contributed by atoms with Crippen LogP contribution in [0, 0.1) is 16.0 Å². The Morgan fingerprint density at radius 2 is 2.15 bits per heavy atom. The first-order valence-electron chi connectivity index (χ1n) is 6.69. The lowest BCUT2D eigenvalue weighted by molar-refractivity contribution is -0.384. The van der Waals surface area contributed by atoms with E-state index < -0.39 is 4.92 Å². The van der Waals surface area contributed by atoms with Gasteiger partial charge in [-0.15, -0.1) is 0 Å². The number of nitro benzene ring substituents is 1. The highest BCUT2D eigenvalue weighted by atomic mass is 79.9. The number of nitrogens with zero attached hydrogens (tertiary/aromatic N) is 1. The highest BCUT2D eigenvalue weighted by molar-refractivity contribution is 9.10. The van der Waals surface area contributed by atoms with Gasteiger partial charge in [-0.1, -0.05) is 29.8 Å². The van der Waals surface area contributed by atoms with E-state index in [2.05, 4.69) is 35.1 Å². The Morgan fingerprint density at radius 1 is 1.45 bits per heavy atom. The molecule has 6 heteroatoms. The van der Waals surface area contributed by atoms with Crippen molar-refractivity contribution in [2.24, 2.45) is 5.92 Å². The zero-order chi connectivity index (χ0) is 15.1. The highest BCUT2D eigenvalue weighted by Gasteiger charge is 2.14. The summed E-state index contributed by atoms with van der Waals surface area (Å²) in [5, 5.41) is 14.1. The molecule has 0 spiro atoms. The minimum absolute atomic E-state index is 0.0929. The Balaban J connectivity index is 2.65. The number of nitrogens with one attached hydrogen (secondary N) is 1. The molecule has 5 nitrogen and oxygen atoms in total. The Labute approximate surface area is 128 Å². The lowest BCUT2D eigenvalue weighted by atomic mass is 10.0. The van der Waals surface area contributed by atoms with Crippen molar-refractivity contribution in [2.75, 3.05) is 13.2 Å². The van der Waals surface area contributed by atoms with Crippen molar-refractivity contribution in [3.63, 3.8) is 0 Å². The number of ether oxygens (including phenoxy) is 1. The predicted octanol–water partition coefficient (Wildman–Crippen LogP) is 3.51. The third kappa shape index (κ3) is 5.19. The molecular formula is C14H21BrN2O3. The smallest absolute Gasteiger partial charge is 0.270 e. The molecule has 0 heterocycles. The van der Waals surface area contributed by atoms with Crippen LogP contribution >= 0.6 is 15.9 Å². The van der Waals surface area contributed by atoms with E-state index in [0.717, 1.165) is 10.0 Å². The molecule has 0 fully saturated rings. The van der Waals surface area contributed by atoms with Crippen molar-refractivity contribution in [3.05, 3.63) is 38.3 Å². The molecule has 0 amide bonds. The number of nitro groups is 1. The summed E-state index contributed by atoms with van der Waals surface area (Å²) in [6, 6.07) is 5.09. The van der Waals surface area contributed by atoms with Crippen molar-refractivity contribution in [1.29, 1.82) is 0 Å². The third-order valence-electron chi connectivity index (χ3n) is 3.11. The molecule has 0 saturated carbocycles. The molecule has 0 aromatic heterocycles. The van der Waals surface area contributed by atoms with Crippen LogP contribution in [-0.2, 0) is 11.3 Å². The molecule has 0 bridgehead atoms. The van der Waals surface area contributed by atoms with Gasteiger partial charge in [-0.05, 0) is 24.5 Å². The van der Waals surface area contributed by atoms with Crippen molar-refractivity contribution in [3.8, 4) is 0 Å². The van der Waals surface area contributed by atoms with E-state index in [9.17, 15) is 10.1 Å². The Morgan fingerprint density at radius 3 is 2.65 bits per heavy atom. The SMILES string of the molecule is CCOCC(NCc1ccc([N+](=O)[O-])cc1Br)C(C)C. The number of non-ortho nitro benzene ring substituents is 1. The molecule has 0 aliphatic carbocycles. The lowest BCUT2D eigenvalue weighted by Crippen LogP contribution is -2.37. The fraction of sp³-hybridized carbons (Fsp3) is 0.571. The monoisotopic (exact) mass is 344 g/mol. The third-order valence-corrected chi connectivity index (χ3v) is 3.85. The average Bonchev–Trinajstić information content (AvgIpc) is 2.39. The summed E-state index contributed by atoms with van der Waals surface area (Å²) in [6.07, 6.45) is 0. The van der Waals surface area contributed by atoms with E-state index in [-0.39, 0.29) is 11.7 Å². The van der Waals surface area contributed by atoms with Crippen LogP contribution in [0.4, 0.5) is 5.69 Å². The second-order valence-electron chi connectivity index (χ2n) is 4.92. The summed E-state index contributed by atoms with van der Waals surface area (Å²) in [6.45, 7) is 8.27. The second-order valence-corrected chi connectivity index (χ2v) is 5.78. The minimum atomic E-state index is -0.395. The maximum Gasteiger partial charge on any atom is 0.270 e. The highest BCUT2D eigenvalue weighted by Crippen LogP contribution is 2.23. The van der Waals surface area contributed by atoms with Crippen LogP contribution in [0.2, 0.25) is 0 Å². The zero-order valence-corrected chi connectivity index (χ0v) is 13.6. The molecule has 1 rings (SSSR count). The molecule has 112 valence electrons. The van der Waals surface area contributed by atoms with Gasteiger partial charge in [0.2, 0.25) is 0 Å². The topological polar surface area (TPSA) is 64.4 Å². The van der Waals surface area contributed by atoms with Crippen molar-refractivity contribution >= 4 is 21.6 Å². The Bertz CT molecular complexity index is 452. The fourth-order valence-corrected chi connectivity index (χ4v) is 2.27. The minimum Gasteiger partial charge on any atom is -0.380 e. The maximum absolute atomic E-state index is 10.7. The summed E-state index contributed by atoms with van der Waals surface area (Å²) in [5.74, 6) is 0.457. The standard InChI is InChI=1S/C14H21BrN2O3/c1-4-20-9-14(10(2)3)16-8-11-5-6-12(17(18)19)7-13(11)15/h5-7,10,14,16H,4,8-9H2,1-3H3. The lowest BCUT2D eigenvalue weighted by Gasteiger charge is -2.22.